The monoisotopic (exact) mass is 532 g/mol. The third-order valence-corrected chi connectivity index (χ3v) is 6.87. The molecular weight excluding hydrogens is 504 g/mol. The van der Waals surface area contributed by atoms with Crippen molar-refractivity contribution in [1.29, 1.82) is 0 Å². The Hall–Kier alpha value is -1.89. The van der Waals surface area contributed by atoms with Gasteiger partial charge in [0.15, 0.2) is 0 Å². The number of fused-ring (bicyclic) bond motifs is 2. The Kier molecular flexibility index (Phi) is 7.18. The van der Waals surface area contributed by atoms with E-state index in [1.807, 2.05) is 44.0 Å². The fourth-order valence-corrected chi connectivity index (χ4v) is 5.33. The number of amides is 1. The summed E-state index contributed by atoms with van der Waals surface area (Å²) in [5.74, 6) is 0.443. The van der Waals surface area contributed by atoms with Gasteiger partial charge in [0.2, 0.25) is 0 Å². The van der Waals surface area contributed by atoms with E-state index in [4.69, 9.17) is 26.1 Å². The van der Waals surface area contributed by atoms with E-state index in [0.717, 1.165) is 39.7 Å². The van der Waals surface area contributed by atoms with Gasteiger partial charge in [-0.15, -0.1) is 0 Å². The van der Waals surface area contributed by atoms with Gasteiger partial charge in [0.05, 0.1) is 12.3 Å². The zero-order chi connectivity index (χ0) is 23.8. The lowest BCUT2D eigenvalue weighted by atomic mass is 9.76. The van der Waals surface area contributed by atoms with Gasteiger partial charge in [-0.1, -0.05) is 17.7 Å². The van der Waals surface area contributed by atoms with E-state index in [0.29, 0.717) is 30.6 Å². The average Bonchev–Trinajstić information content (AvgIpc) is 2.87. The quantitative estimate of drug-likeness (QED) is 0.436. The lowest BCUT2D eigenvalue weighted by Gasteiger charge is -2.37. The molecule has 1 aromatic carbocycles. The summed E-state index contributed by atoms with van der Waals surface area (Å²) in [6.45, 7) is 7.52. The molecule has 0 bridgehead atoms. The van der Waals surface area contributed by atoms with Crippen molar-refractivity contribution >= 4 is 45.3 Å². The molecule has 1 aliphatic carbocycles. The van der Waals surface area contributed by atoms with Gasteiger partial charge in [-0.3, -0.25) is 4.98 Å². The summed E-state index contributed by atoms with van der Waals surface area (Å²) in [5.41, 5.74) is 5.06. The number of hydrogen-bond donors (Lipinski definition) is 0. The van der Waals surface area contributed by atoms with Crippen LogP contribution in [0.4, 0.5) is 4.79 Å². The molecule has 7 heteroatoms. The topological polar surface area (TPSA) is 51.7 Å². The van der Waals surface area contributed by atoms with Crippen LogP contribution in [0.15, 0.2) is 34.9 Å². The standard InChI is InChI=1S/C26H30BrClN2O3/c1-26(2,3)33-25(31)30-9-7-16(8-10-30)23-21-6-5-20(28)12-17(21)11-18(15-32-4)22-13-19(27)14-29-24(22)23/h5-6,11-14,16,23H,7-10,15H2,1-4H3. The normalized spacial score (nSPS) is 18.8. The van der Waals surface area contributed by atoms with Crippen LogP contribution in [-0.2, 0) is 9.47 Å². The first kappa shape index (κ1) is 24.2. The predicted octanol–water partition coefficient (Wildman–Crippen LogP) is 6.78. The molecule has 1 fully saturated rings. The second kappa shape index (κ2) is 9.77. The van der Waals surface area contributed by atoms with Crippen molar-refractivity contribution in [3.05, 3.63) is 62.3 Å². The Morgan fingerprint density at radius 1 is 1.24 bits per heavy atom. The number of nitrogens with zero attached hydrogens (tertiary/aromatic N) is 2. The number of halogens is 2. The number of methoxy groups -OCH3 is 1. The van der Waals surface area contributed by atoms with E-state index in [1.165, 1.54) is 5.56 Å². The molecule has 1 aliphatic heterocycles. The summed E-state index contributed by atoms with van der Waals surface area (Å²) in [4.78, 5) is 19.3. The van der Waals surface area contributed by atoms with Crippen LogP contribution in [0, 0.1) is 5.92 Å². The molecule has 0 N–H and O–H groups in total. The van der Waals surface area contributed by atoms with Crippen molar-refractivity contribution in [3.8, 4) is 0 Å². The van der Waals surface area contributed by atoms with E-state index >= 15 is 0 Å². The van der Waals surface area contributed by atoms with Crippen LogP contribution in [-0.4, -0.2) is 48.4 Å². The zero-order valence-corrected chi connectivity index (χ0v) is 21.9. The molecular formula is C26H30BrClN2O3. The molecule has 1 unspecified atom stereocenters. The van der Waals surface area contributed by atoms with Crippen LogP contribution in [0.1, 0.15) is 61.9 Å². The molecule has 0 radical (unpaired) electrons. The minimum absolute atomic E-state index is 0.103. The first-order valence-electron chi connectivity index (χ1n) is 11.3. The lowest BCUT2D eigenvalue weighted by Crippen LogP contribution is -2.42. The molecule has 0 spiro atoms. The fraction of sp³-hybridized carbons (Fsp3) is 0.462. The maximum absolute atomic E-state index is 12.6. The Bertz CT molecular complexity index is 1070. The molecule has 1 atom stereocenters. The van der Waals surface area contributed by atoms with E-state index in [-0.39, 0.29) is 12.0 Å². The Balaban J connectivity index is 1.70. The molecule has 176 valence electrons. The van der Waals surface area contributed by atoms with Crippen LogP contribution in [0.25, 0.3) is 11.6 Å². The minimum Gasteiger partial charge on any atom is -0.444 e. The number of aromatic nitrogens is 1. The maximum atomic E-state index is 12.6. The van der Waals surface area contributed by atoms with Crippen molar-refractivity contribution < 1.29 is 14.3 Å². The number of carbonyl (C=O) groups excluding carboxylic acids is 1. The zero-order valence-electron chi connectivity index (χ0n) is 19.5. The maximum Gasteiger partial charge on any atom is 0.410 e. The van der Waals surface area contributed by atoms with Crippen molar-refractivity contribution in [2.45, 2.75) is 45.1 Å². The number of hydrogen-bond acceptors (Lipinski definition) is 4. The third-order valence-electron chi connectivity index (χ3n) is 6.20. The minimum atomic E-state index is -0.493. The molecule has 1 saturated heterocycles. The van der Waals surface area contributed by atoms with Gasteiger partial charge in [-0.2, -0.15) is 0 Å². The molecule has 2 heterocycles. The summed E-state index contributed by atoms with van der Waals surface area (Å²) >= 11 is 9.98. The number of piperidine rings is 1. The van der Waals surface area contributed by atoms with Gasteiger partial charge in [-0.05, 0) is 96.4 Å². The van der Waals surface area contributed by atoms with Gasteiger partial charge in [0.25, 0.3) is 0 Å². The van der Waals surface area contributed by atoms with Crippen molar-refractivity contribution in [3.63, 3.8) is 0 Å². The highest BCUT2D eigenvalue weighted by molar-refractivity contribution is 9.10. The first-order chi connectivity index (χ1) is 15.7. The van der Waals surface area contributed by atoms with E-state index in [1.54, 1.807) is 7.11 Å². The highest BCUT2D eigenvalue weighted by atomic mass is 79.9. The van der Waals surface area contributed by atoms with E-state index < -0.39 is 5.60 Å². The largest absolute Gasteiger partial charge is 0.444 e. The fourth-order valence-electron chi connectivity index (χ4n) is 4.82. The van der Waals surface area contributed by atoms with Gasteiger partial charge < -0.3 is 14.4 Å². The average molecular weight is 534 g/mol. The Morgan fingerprint density at radius 3 is 2.64 bits per heavy atom. The number of likely N-dealkylation sites (tertiary alicyclic amines) is 1. The highest BCUT2D eigenvalue weighted by Crippen LogP contribution is 2.45. The van der Waals surface area contributed by atoms with Crippen LogP contribution >= 0.6 is 27.5 Å². The number of carbonyl (C=O) groups is 1. The SMILES string of the molecule is COCC1=Cc2cc(Cl)ccc2C(C2CCN(C(=O)OC(C)(C)C)CC2)c2ncc(Br)cc21. The second-order valence-electron chi connectivity index (χ2n) is 9.74. The number of ether oxygens (including phenoxy) is 2. The molecule has 1 aromatic heterocycles. The first-order valence-corrected chi connectivity index (χ1v) is 12.5. The van der Waals surface area contributed by atoms with Crippen molar-refractivity contribution in [2.75, 3.05) is 26.8 Å². The smallest absolute Gasteiger partial charge is 0.410 e. The van der Waals surface area contributed by atoms with Crippen LogP contribution in [0.3, 0.4) is 0 Å². The van der Waals surface area contributed by atoms with Crippen LogP contribution < -0.4 is 0 Å². The van der Waals surface area contributed by atoms with Gasteiger partial charge in [0, 0.05) is 47.4 Å². The highest BCUT2D eigenvalue weighted by Gasteiger charge is 2.36. The second-order valence-corrected chi connectivity index (χ2v) is 11.1. The van der Waals surface area contributed by atoms with E-state index in [9.17, 15) is 4.79 Å². The van der Waals surface area contributed by atoms with Gasteiger partial charge in [0.1, 0.15) is 5.60 Å². The van der Waals surface area contributed by atoms with Crippen LogP contribution in [0.5, 0.6) is 0 Å². The summed E-state index contributed by atoms with van der Waals surface area (Å²) in [5, 5.41) is 0.709. The molecule has 0 saturated carbocycles. The summed E-state index contributed by atoms with van der Waals surface area (Å²) in [6, 6.07) is 8.24. The number of pyridine rings is 1. The number of rotatable bonds is 3. The molecule has 2 aliphatic rings. The molecule has 5 nitrogen and oxygen atoms in total. The molecule has 2 aromatic rings. The summed E-state index contributed by atoms with van der Waals surface area (Å²) < 4.78 is 12.1. The van der Waals surface area contributed by atoms with E-state index in [2.05, 4.69) is 34.1 Å². The molecule has 1 amide bonds. The molecule has 4 rings (SSSR count). The summed E-state index contributed by atoms with van der Waals surface area (Å²) in [6.07, 6.45) is 5.56. The van der Waals surface area contributed by atoms with Crippen molar-refractivity contribution in [2.24, 2.45) is 5.92 Å². The van der Waals surface area contributed by atoms with Crippen LogP contribution in [0.2, 0.25) is 5.02 Å². The predicted molar refractivity (Wildman–Crippen MR) is 136 cm³/mol. The lowest BCUT2D eigenvalue weighted by molar-refractivity contribution is 0.0178. The Morgan fingerprint density at radius 2 is 1.97 bits per heavy atom. The van der Waals surface area contributed by atoms with Gasteiger partial charge >= 0.3 is 6.09 Å². The third kappa shape index (κ3) is 5.44. The number of benzene rings is 1. The van der Waals surface area contributed by atoms with Gasteiger partial charge in [-0.25, -0.2) is 4.79 Å². The van der Waals surface area contributed by atoms with Crippen molar-refractivity contribution in [1.82, 2.24) is 9.88 Å². The summed E-state index contributed by atoms with van der Waals surface area (Å²) in [7, 11) is 1.71. The Labute approximate surface area is 209 Å². The molecule has 33 heavy (non-hydrogen) atoms.